The summed E-state index contributed by atoms with van der Waals surface area (Å²) in [5, 5.41) is 20.7. The second-order valence-corrected chi connectivity index (χ2v) is 5.71. The van der Waals surface area contributed by atoms with Gasteiger partial charge in [-0.25, -0.2) is 0 Å². The van der Waals surface area contributed by atoms with Gasteiger partial charge in [0.25, 0.3) is 0 Å². The largest absolute Gasteiger partial charge is 0.384 e. The predicted molar refractivity (Wildman–Crippen MR) is 88.2 cm³/mol. The van der Waals surface area contributed by atoms with Crippen molar-refractivity contribution in [2.24, 2.45) is 5.73 Å². The van der Waals surface area contributed by atoms with Gasteiger partial charge >= 0.3 is 0 Å². The molecule has 112 valence electrons. The van der Waals surface area contributed by atoms with E-state index in [1.54, 1.807) is 11.3 Å². The average molecular weight is 303 g/mol. The van der Waals surface area contributed by atoms with Crippen LogP contribution in [0.5, 0.6) is 0 Å². The minimum Gasteiger partial charge on any atom is -0.384 e. The molecule has 2 aromatic rings. The predicted octanol–water partition coefficient (Wildman–Crippen LogP) is 2.58. The van der Waals surface area contributed by atoms with E-state index in [1.165, 1.54) is 5.56 Å². The molecule has 0 unspecified atom stereocenters. The Balaban J connectivity index is 2.45. The molecule has 0 fully saturated rings. The quantitative estimate of drug-likeness (QED) is 0.635. The fraction of sp³-hybridized carbons (Fsp3) is 0.400. The number of nitrogens with one attached hydrogen (secondary N) is 1. The van der Waals surface area contributed by atoms with Crippen molar-refractivity contribution in [3.05, 3.63) is 39.2 Å². The van der Waals surface area contributed by atoms with Crippen molar-refractivity contribution in [3.63, 3.8) is 0 Å². The summed E-state index contributed by atoms with van der Waals surface area (Å²) >= 11 is 1.67. The Kier molecular flexibility index (Phi) is 4.90. The Morgan fingerprint density at radius 1 is 1.33 bits per heavy atom. The lowest BCUT2D eigenvalue weighted by Gasteiger charge is -2.22. The molecule has 2 aromatic heterocycles. The second-order valence-electron chi connectivity index (χ2n) is 4.93. The zero-order valence-corrected chi connectivity index (χ0v) is 13.5. The maximum absolute atomic E-state index is 7.92. The van der Waals surface area contributed by atoms with Crippen molar-refractivity contribution in [2.45, 2.75) is 33.2 Å². The molecule has 0 radical (unpaired) electrons. The molecule has 2 rings (SSSR count). The number of amidine groups is 1. The molecule has 21 heavy (non-hydrogen) atoms. The molecular formula is C15H21N5S. The van der Waals surface area contributed by atoms with Crippen LogP contribution in [0, 0.1) is 5.41 Å². The Morgan fingerprint density at radius 3 is 2.62 bits per heavy atom. The average Bonchev–Trinajstić information content (AvgIpc) is 2.98. The van der Waals surface area contributed by atoms with E-state index in [1.807, 2.05) is 18.9 Å². The van der Waals surface area contributed by atoms with Crippen LogP contribution in [0.1, 0.15) is 36.2 Å². The van der Waals surface area contributed by atoms with Crippen LogP contribution in [0.2, 0.25) is 0 Å². The van der Waals surface area contributed by atoms with Crippen molar-refractivity contribution in [1.82, 2.24) is 10.2 Å². The molecule has 6 heteroatoms. The summed E-state index contributed by atoms with van der Waals surface area (Å²) in [7, 11) is 1.96. The number of aryl methyl sites for hydroxylation is 1. The van der Waals surface area contributed by atoms with Crippen LogP contribution in [0.3, 0.4) is 0 Å². The Bertz CT molecular complexity index is 621. The number of anilines is 1. The lowest BCUT2D eigenvalue weighted by Crippen LogP contribution is -2.26. The monoisotopic (exact) mass is 303 g/mol. The molecule has 0 bridgehead atoms. The van der Waals surface area contributed by atoms with Gasteiger partial charge in [-0.3, -0.25) is 5.41 Å². The molecule has 3 N–H and O–H groups in total. The van der Waals surface area contributed by atoms with Gasteiger partial charge in [-0.15, -0.1) is 5.10 Å². The van der Waals surface area contributed by atoms with Crippen LogP contribution in [0.15, 0.2) is 16.8 Å². The Hall–Kier alpha value is -1.95. The van der Waals surface area contributed by atoms with E-state index in [0.29, 0.717) is 5.82 Å². The summed E-state index contributed by atoms with van der Waals surface area (Å²) in [4.78, 5) is 2.00. The first-order valence-electron chi connectivity index (χ1n) is 7.03. The van der Waals surface area contributed by atoms with Gasteiger partial charge in [-0.05, 0) is 40.8 Å². The number of hydrogen-bond acceptors (Lipinski definition) is 5. The summed E-state index contributed by atoms with van der Waals surface area (Å²) in [6.45, 7) is 4.83. The number of rotatable bonds is 6. The summed E-state index contributed by atoms with van der Waals surface area (Å²) in [6.07, 6.45) is 1.60. The van der Waals surface area contributed by atoms with E-state index >= 15 is 0 Å². The highest BCUT2D eigenvalue weighted by molar-refractivity contribution is 7.07. The van der Waals surface area contributed by atoms with Crippen LogP contribution in [0.4, 0.5) is 5.82 Å². The van der Waals surface area contributed by atoms with Gasteiger partial charge < -0.3 is 10.6 Å². The van der Waals surface area contributed by atoms with E-state index < -0.39 is 0 Å². The minimum absolute atomic E-state index is 0.0589. The summed E-state index contributed by atoms with van der Waals surface area (Å²) in [5.41, 5.74) is 9.72. The zero-order valence-electron chi connectivity index (χ0n) is 12.7. The van der Waals surface area contributed by atoms with Gasteiger partial charge in [-0.1, -0.05) is 13.8 Å². The lowest BCUT2D eigenvalue weighted by molar-refractivity contribution is 0.821. The highest BCUT2D eigenvalue weighted by atomic mass is 32.1. The van der Waals surface area contributed by atoms with Crippen molar-refractivity contribution in [3.8, 4) is 0 Å². The molecule has 0 saturated heterocycles. The third-order valence-corrected chi connectivity index (χ3v) is 4.19. The number of nitrogen functional groups attached to an aromatic ring is 1. The minimum atomic E-state index is 0.0589. The first-order chi connectivity index (χ1) is 10.1. The van der Waals surface area contributed by atoms with E-state index in [-0.39, 0.29) is 5.84 Å². The smallest absolute Gasteiger partial charge is 0.162 e. The molecule has 0 amide bonds. The molecule has 0 aliphatic heterocycles. The van der Waals surface area contributed by atoms with Crippen molar-refractivity contribution in [2.75, 3.05) is 11.9 Å². The maximum atomic E-state index is 7.92. The first kappa shape index (κ1) is 15.4. The summed E-state index contributed by atoms with van der Waals surface area (Å²) in [5.74, 6) is 0.742. The summed E-state index contributed by atoms with van der Waals surface area (Å²) in [6, 6.07) is 2.09. The van der Waals surface area contributed by atoms with Crippen LogP contribution >= 0.6 is 11.3 Å². The SMILES string of the molecule is CCc1nnc(N(C)Cc2ccsc2)c(C(=N)N)c1CC. The lowest BCUT2D eigenvalue weighted by atomic mass is 10.0. The normalized spacial score (nSPS) is 10.6. The fourth-order valence-corrected chi connectivity index (χ4v) is 3.10. The molecule has 2 heterocycles. The van der Waals surface area contributed by atoms with Crippen molar-refractivity contribution >= 4 is 23.0 Å². The van der Waals surface area contributed by atoms with E-state index in [4.69, 9.17) is 11.1 Å². The van der Waals surface area contributed by atoms with Crippen LogP contribution in [-0.2, 0) is 19.4 Å². The van der Waals surface area contributed by atoms with Gasteiger partial charge in [0.15, 0.2) is 5.82 Å². The molecular weight excluding hydrogens is 282 g/mol. The standard InChI is InChI=1S/C15H21N5S/c1-4-11-12(5-2)18-19-15(13(11)14(16)17)20(3)8-10-6-7-21-9-10/h6-7,9H,4-5,8H2,1-3H3,(H3,16,17). The van der Waals surface area contributed by atoms with Crippen LogP contribution < -0.4 is 10.6 Å². The molecule has 0 aliphatic carbocycles. The van der Waals surface area contributed by atoms with Crippen molar-refractivity contribution in [1.29, 1.82) is 5.41 Å². The van der Waals surface area contributed by atoms with Gasteiger partial charge in [0.2, 0.25) is 0 Å². The van der Waals surface area contributed by atoms with Gasteiger partial charge in [0.1, 0.15) is 5.84 Å². The molecule has 0 aromatic carbocycles. The third kappa shape index (κ3) is 3.21. The molecule has 0 spiro atoms. The summed E-state index contributed by atoms with van der Waals surface area (Å²) < 4.78 is 0. The van der Waals surface area contributed by atoms with Gasteiger partial charge in [0, 0.05) is 13.6 Å². The topological polar surface area (TPSA) is 78.9 Å². The number of thiophene rings is 1. The van der Waals surface area contributed by atoms with E-state index in [0.717, 1.165) is 36.2 Å². The molecule has 0 saturated carbocycles. The highest BCUT2D eigenvalue weighted by Crippen LogP contribution is 2.24. The van der Waals surface area contributed by atoms with Crippen LogP contribution in [0.25, 0.3) is 0 Å². The Morgan fingerprint density at radius 2 is 2.10 bits per heavy atom. The maximum Gasteiger partial charge on any atom is 0.162 e. The fourth-order valence-electron chi connectivity index (χ4n) is 2.44. The molecule has 5 nitrogen and oxygen atoms in total. The third-order valence-electron chi connectivity index (χ3n) is 3.46. The molecule has 0 aliphatic rings. The van der Waals surface area contributed by atoms with Gasteiger partial charge in [0.05, 0.1) is 11.3 Å². The van der Waals surface area contributed by atoms with Crippen molar-refractivity contribution < 1.29 is 0 Å². The number of hydrogen-bond donors (Lipinski definition) is 2. The van der Waals surface area contributed by atoms with E-state index in [9.17, 15) is 0 Å². The number of nitrogens with zero attached hydrogens (tertiary/aromatic N) is 3. The number of aromatic nitrogens is 2. The zero-order chi connectivity index (χ0) is 15.4. The number of nitrogens with two attached hydrogens (primary N) is 1. The van der Waals surface area contributed by atoms with Crippen LogP contribution in [-0.4, -0.2) is 23.1 Å². The van der Waals surface area contributed by atoms with Gasteiger partial charge in [-0.2, -0.15) is 16.4 Å². The highest BCUT2D eigenvalue weighted by Gasteiger charge is 2.19. The van der Waals surface area contributed by atoms with E-state index in [2.05, 4.69) is 33.9 Å². The second kappa shape index (κ2) is 6.67. The molecule has 0 atom stereocenters. The first-order valence-corrected chi connectivity index (χ1v) is 7.97. The Labute approximate surface area is 129 Å².